The number of amides is 2. The van der Waals surface area contributed by atoms with E-state index < -0.39 is 15.6 Å². The molecule has 3 aliphatic heterocycles. The molecule has 1 saturated carbocycles. The quantitative estimate of drug-likeness (QED) is 0.702. The van der Waals surface area contributed by atoms with E-state index in [0.717, 1.165) is 56.4 Å². The summed E-state index contributed by atoms with van der Waals surface area (Å²) in [6.07, 6.45) is 6.66. The first-order valence-corrected chi connectivity index (χ1v) is 13.7. The van der Waals surface area contributed by atoms with Crippen LogP contribution in [0.15, 0.2) is 23.1 Å². The minimum absolute atomic E-state index is 0.0433. The lowest BCUT2D eigenvalue weighted by atomic mass is 9.84. The zero-order chi connectivity index (χ0) is 23.4. The first kappa shape index (κ1) is 22.8. The van der Waals surface area contributed by atoms with Gasteiger partial charge in [0.05, 0.1) is 4.90 Å². The van der Waals surface area contributed by atoms with Crippen molar-refractivity contribution in [2.24, 2.45) is 11.7 Å². The molecule has 3 heterocycles. The maximum absolute atomic E-state index is 13.5. The Kier molecular flexibility index (Phi) is 5.77. The highest BCUT2D eigenvalue weighted by Crippen LogP contribution is 2.40. The average molecular weight is 475 g/mol. The largest absolute Gasteiger partial charge is 0.368 e. The number of anilines is 1. The molecule has 1 aliphatic carbocycles. The molecule has 2 amide bonds. The molecule has 0 unspecified atom stereocenters. The molecule has 8 nitrogen and oxygen atoms in total. The van der Waals surface area contributed by atoms with Crippen molar-refractivity contribution in [3.63, 3.8) is 0 Å². The summed E-state index contributed by atoms with van der Waals surface area (Å²) >= 11 is 0. The summed E-state index contributed by atoms with van der Waals surface area (Å²) in [5, 5.41) is 0. The lowest BCUT2D eigenvalue weighted by Crippen LogP contribution is -2.63. The van der Waals surface area contributed by atoms with Crippen LogP contribution in [0.3, 0.4) is 0 Å². The standard InChI is InChI=1S/C24H34N4O4S/c1-17-15-19-16-20(7-8-21(19)28(17)22(29)18-5-6-18)33(31,32)27-13-9-24(10-14-27,23(25)30)26-11-3-2-4-12-26/h7-8,16-18H,2-6,9-15H2,1H3,(H2,25,30)/t17-/m0/s1. The van der Waals surface area contributed by atoms with Crippen LogP contribution in [-0.4, -0.2) is 67.2 Å². The molecule has 4 aliphatic rings. The van der Waals surface area contributed by atoms with Crippen molar-refractivity contribution in [3.8, 4) is 0 Å². The molecule has 0 spiro atoms. The van der Waals surface area contributed by atoms with Crippen LogP contribution in [-0.2, 0) is 26.0 Å². The number of hydrogen-bond acceptors (Lipinski definition) is 5. The summed E-state index contributed by atoms with van der Waals surface area (Å²) < 4.78 is 28.4. The molecular formula is C24H34N4O4S. The Morgan fingerprint density at radius 2 is 1.70 bits per heavy atom. The van der Waals surface area contributed by atoms with Gasteiger partial charge in [-0.15, -0.1) is 0 Å². The molecule has 9 heteroatoms. The monoisotopic (exact) mass is 474 g/mol. The first-order valence-electron chi connectivity index (χ1n) is 12.3. The number of carbonyl (C=O) groups excluding carboxylic acids is 2. The molecule has 0 radical (unpaired) electrons. The lowest BCUT2D eigenvalue weighted by Gasteiger charge is -2.47. The lowest BCUT2D eigenvalue weighted by molar-refractivity contribution is -0.134. The van der Waals surface area contributed by atoms with Crippen molar-refractivity contribution >= 4 is 27.5 Å². The van der Waals surface area contributed by atoms with Gasteiger partial charge in [0.2, 0.25) is 21.8 Å². The van der Waals surface area contributed by atoms with Crippen molar-refractivity contribution in [3.05, 3.63) is 23.8 Å². The van der Waals surface area contributed by atoms with Crippen LogP contribution >= 0.6 is 0 Å². The van der Waals surface area contributed by atoms with E-state index >= 15 is 0 Å². The molecule has 3 fully saturated rings. The van der Waals surface area contributed by atoms with E-state index in [1.165, 1.54) is 4.31 Å². The van der Waals surface area contributed by atoms with E-state index in [2.05, 4.69) is 4.90 Å². The van der Waals surface area contributed by atoms with Crippen LogP contribution in [0.4, 0.5) is 5.69 Å². The van der Waals surface area contributed by atoms with E-state index in [0.29, 0.717) is 19.3 Å². The topological polar surface area (TPSA) is 104 Å². The number of rotatable bonds is 5. The number of fused-ring (bicyclic) bond motifs is 1. The number of likely N-dealkylation sites (tertiary alicyclic amines) is 1. The van der Waals surface area contributed by atoms with E-state index in [1.54, 1.807) is 18.2 Å². The number of piperidine rings is 2. The van der Waals surface area contributed by atoms with Crippen molar-refractivity contribution in [2.75, 3.05) is 31.1 Å². The number of hydrogen-bond donors (Lipinski definition) is 1. The Hall–Kier alpha value is -1.97. The second-order valence-corrected chi connectivity index (χ2v) is 12.1. The Morgan fingerprint density at radius 3 is 2.30 bits per heavy atom. The molecule has 33 heavy (non-hydrogen) atoms. The first-order chi connectivity index (χ1) is 15.7. The zero-order valence-electron chi connectivity index (χ0n) is 19.3. The fourth-order valence-electron chi connectivity index (χ4n) is 5.92. The predicted octanol–water partition coefficient (Wildman–Crippen LogP) is 1.87. The fourth-order valence-corrected chi connectivity index (χ4v) is 7.41. The van der Waals surface area contributed by atoms with Gasteiger partial charge in [0.25, 0.3) is 0 Å². The SMILES string of the molecule is C[C@H]1Cc2cc(S(=O)(=O)N3CCC(C(N)=O)(N4CCCCC4)CC3)ccc2N1C(=O)C1CC1. The molecule has 1 atom stereocenters. The molecule has 2 saturated heterocycles. The molecule has 0 bridgehead atoms. The van der Waals surface area contributed by atoms with E-state index in [1.807, 2.05) is 11.8 Å². The van der Waals surface area contributed by atoms with Crippen molar-refractivity contribution < 1.29 is 18.0 Å². The predicted molar refractivity (Wildman–Crippen MR) is 125 cm³/mol. The van der Waals surface area contributed by atoms with Crippen molar-refractivity contribution in [1.82, 2.24) is 9.21 Å². The normalized spacial score (nSPS) is 26.2. The molecule has 0 aromatic heterocycles. The maximum Gasteiger partial charge on any atom is 0.243 e. The summed E-state index contributed by atoms with van der Waals surface area (Å²) in [7, 11) is -3.69. The van der Waals surface area contributed by atoms with Crippen LogP contribution in [0.25, 0.3) is 0 Å². The van der Waals surface area contributed by atoms with Gasteiger partial charge in [-0.1, -0.05) is 6.42 Å². The van der Waals surface area contributed by atoms with Gasteiger partial charge in [-0.2, -0.15) is 4.31 Å². The minimum atomic E-state index is -3.69. The third-order valence-corrected chi connectivity index (χ3v) is 9.93. The van der Waals surface area contributed by atoms with Crippen LogP contribution in [0.2, 0.25) is 0 Å². The van der Waals surface area contributed by atoms with Gasteiger partial charge in [0, 0.05) is 30.7 Å². The Bertz CT molecular complexity index is 1050. The average Bonchev–Trinajstić information content (AvgIpc) is 3.61. The van der Waals surface area contributed by atoms with Gasteiger partial charge < -0.3 is 10.6 Å². The van der Waals surface area contributed by atoms with Crippen LogP contribution in [0, 0.1) is 5.92 Å². The number of primary amides is 1. The highest BCUT2D eigenvalue weighted by atomic mass is 32.2. The van der Waals surface area contributed by atoms with Gasteiger partial charge in [-0.05, 0) is 88.7 Å². The molecule has 1 aromatic carbocycles. The van der Waals surface area contributed by atoms with Gasteiger partial charge in [0.15, 0.2) is 0 Å². The number of nitrogens with zero attached hydrogens (tertiary/aromatic N) is 3. The Balaban J connectivity index is 1.34. The van der Waals surface area contributed by atoms with E-state index in [4.69, 9.17) is 5.73 Å². The van der Waals surface area contributed by atoms with Crippen molar-refractivity contribution in [1.29, 1.82) is 0 Å². The summed E-state index contributed by atoms with van der Waals surface area (Å²) in [6.45, 7) is 4.26. The van der Waals surface area contributed by atoms with Gasteiger partial charge in [-0.3, -0.25) is 14.5 Å². The highest BCUT2D eigenvalue weighted by molar-refractivity contribution is 7.89. The molecular weight excluding hydrogens is 440 g/mol. The van der Waals surface area contributed by atoms with Gasteiger partial charge in [0.1, 0.15) is 5.54 Å². The second-order valence-electron chi connectivity index (χ2n) is 10.2. The number of sulfonamides is 1. The third kappa shape index (κ3) is 3.88. The smallest absolute Gasteiger partial charge is 0.243 e. The number of benzene rings is 1. The summed E-state index contributed by atoms with van der Waals surface area (Å²) in [6, 6.07) is 5.20. The number of carbonyl (C=O) groups is 2. The van der Waals surface area contributed by atoms with Crippen molar-refractivity contribution in [2.45, 2.75) is 74.8 Å². The molecule has 180 valence electrons. The minimum Gasteiger partial charge on any atom is -0.368 e. The third-order valence-electron chi connectivity index (χ3n) is 8.04. The molecule has 2 N–H and O–H groups in total. The highest BCUT2D eigenvalue weighted by Gasteiger charge is 2.47. The van der Waals surface area contributed by atoms with Gasteiger partial charge >= 0.3 is 0 Å². The zero-order valence-corrected chi connectivity index (χ0v) is 20.1. The van der Waals surface area contributed by atoms with Crippen LogP contribution in [0.1, 0.15) is 57.4 Å². The summed E-state index contributed by atoms with van der Waals surface area (Å²) in [4.78, 5) is 29.5. The second kappa shape index (κ2) is 8.36. The van der Waals surface area contributed by atoms with E-state index in [9.17, 15) is 18.0 Å². The van der Waals surface area contributed by atoms with Crippen LogP contribution < -0.4 is 10.6 Å². The molecule has 1 aromatic rings. The summed E-state index contributed by atoms with van der Waals surface area (Å²) in [5.74, 6) is -0.0534. The maximum atomic E-state index is 13.5. The van der Waals surface area contributed by atoms with E-state index in [-0.39, 0.29) is 41.8 Å². The summed E-state index contributed by atoms with van der Waals surface area (Å²) in [5.41, 5.74) is 6.86. The Morgan fingerprint density at radius 1 is 1.03 bits per heavy atom. The van der Waals surface area contributed by atoms with Gasteiger partial charge in [-0.25, -0.2) is 8.42 Å². The molecule has 5 rings (SSSR count). The fraction of sp³-hybridized carbons (Fsp3) is 0.667. The van der Waals surface area contributed by atoms with Crippen LogP contribution in [0.5, 0.6) is 0 Å². The number of nitrogens with two attached hydrogens (primary N) is 1. The Labute approximate surface area is 196 Å².